The predicted molar refractivity (Wildman–Crippen MR) is 81.2 cm³/mol. The summed E-state index contributed by atoms with van der Waals surface area (Å²) in [6, 6.07) is 5.65. The zero-order chi connectivity index (χ0) is 14.9. The number of aryl methyl sites for hydroxylation is 1. The highest BCUT2D eigenvalue weighted by molar-refractivity contribution is 5.95. The number of nitrogens with one attached hydrogen (secondary N) is 1. The number of amides is 1. The number of carbonyl (C=O) groups is 1. The van der Waals surface area contributed by atoms with Gasteiger partial charge in [-0.15, -0.1) is 0 Å². The Bertz CT molecular complexity index is 657. The van der Waals surface area contributed by atoms with Crippen LogP contribution >= 0.6 is 0 Å². The number of aliphatic hydroxyl groups is 1. The van der Waals surface area contributed by atoms with Crippen molar-refractivity contribution in [2.24, 2.45) is 0 Å². The Kier molecular flexibility index (Phi) is 3.68. The number of hydrogen-bond acceptors (Lipinski definition) is 3. The molecule has 0 aliphatic heterocycles. The zero-order valence-electron chi connectivity index (χ0n) is 12.3. The molecule has 5 heteroatoms. The smallest absolute Gasteiger partial charge is 0.227 e. The zero-order valence-corrected chi connectivity index (χ0v) is 12.3. The number of pyridine rings is 1. The lowest BCUT2D eigenvalue weighted by molar-refractivity contribution is -0.122. The first-order valence-electron chi connectivity index (χ1n) is 7.53. The molecule has 0 radical (unpaired) electrons. The van der Waals surface area contributed by atoms with Crippen LogP contribution in [0.2, 0.25) is 0 Å². The third-order valence-corrected chi connectivity index (χ3v) is 4.17. The van der Waals surface area contributed by atoms with Crippen LogP contribution in [-0.4, -0.2) is 26.2 Å². The molecule has 2 aromatic rings. The van der Waals surface area contributed by atoms with Gasteiger partial charge in [0.25, 0.3) is 0 Å². The Balaban J connectivity index is 1.74. The minimum Gasteiger partial charge on any atom is -0.389 e. The monoisotopic (exact) mass is 287 g/mol. The fourth-order valence-corrected chi connectivity index (χ4v) is 3.12. The Morgan fingerprint density at radius 3 is 2.95 bits per heavy atom. The number of fused-ring (bicyclic) bond motifs is 1. The van der Waals surface area contributed by atoms with E-state index in [1.54, 1.807) is 4.52 Å². The van der Waals surface area contributed by atoms with Gasteiger partial charge in [-0.1, -0.05) is 19.3 Å². The average molecular weight is 287 g/mol. The summed E-state index contributed by atoms with van der Waals surface area (Å²) in [5.74, 6) is -0.133. The number of aromatic nitrogens is 2. The first-order chi connectivity index (χ1) is 10.1. The predicted octanol–water partition coefficient (Wildman–Crippen LogP) is 2.67. The number of nitrogens with zero attached hydrogens (tertiary/aromatic N) is 2. The number of carbonyl (C=O) groups excluding carboxylic acids is 1. The summed E-state index contributed by atoms with van der Waals surface area (Å²) < 4.78 is 1.75. The normalized spacial score (nSPS) is 17.8. The summed E-state index contributed by atoms with van der Waals surface area (Å²) in [7, 11) is 0. The Hall–Kier alpha value is -1.88. The fraction of sp³-hybridized carbons (Fsp3) is 0.500. The summed E-state index contributed by atoms with van der Waals surface area (Å²) >= 11 is 0. The van der Waals surface area contributed by atoms with E-state index < -0.39 is 5.60 Å². The van der Waals surface area contributed by atoms with E-state index in [2.05, 4.69) is 10.4 Å². The highest BCUT2D eigenvalue weighted by Crippen LogP contribution is 2.31. The molecule has 0 bridgehead atoms. The van der Waals surface area contributed by atoms with Gasteiger partial charge in [-0.05, 0) is 38.0 Å². The van der Waals surface area contributed by atoms with Gasteiger partial charge in [0.1, 0.15) is 0 Å². The lowest BCUT2D eigenvalue weighted by Crippen LogP contribution is -2.35. The summed E-state index contributed by atoms with van der Waals surface area (Å²) in [5.41, 5.74) is 1.69. The maximum Gasteiger partial charge on any atom is 0.227 e. The van der Waals surface area contributed by atoms with Crippen molar-refractivity contribution in [2.75, 3.05) is 5.32 Å². The van der Waals surface area contributed by atoms with Crippen molar-refractivity contribution in [3.63, 3.8) is 0 Å². The van der Waals surface area contributed by atoms with Crippen LogP contribution in [0.5, 0.6) is 0 Å². The molecule has 0 atom stereocenters. The molecule has 2 aromatic heterocycles. The summed E-state index contributed by atoms with van der Waals surface area (Å²) in [4.78, 5) is 12.2. The third kappa shape index (κ3) is 3.08. The summed E-state index contributed by atoms with van der Waals surface area (Å²) in [6.45, 7) is 1.92. The Labute approximate surface area is 124 Å². The van der Waals surface area contributed by atoms with Gasteiger partial charge in [-0.2, -0.15) is 5.10 Å². The minimum atomic E-state index is -0.830. The Morgan fingerprint density at radius 1 is 1.43 bits per heavy atom. The molecule has 2 heterocycles. The van der Waals surface area contributed by atoms with Crippen LogP contribution in [0.4, 0.5) is 5.69 Å². The largest absolute Gasteiger partial charge is 0.389 e. The van der Waals surface area contributed by atoms with Crippen LogP contribution in [0.3, 0.4) is 0 Å². The minimum absolute atomic E-state index is 0.133. The van der Waals surface area contributed by atoms with E-state index >= 15 is 0 Å². The standard InChI is InChI=1S/C16H21N3O2/c1-12-10-14-13(6-5-9-19(14)18-12)17-15(20)11-16(21)7-3-2-4-8-16/h5-6,9-10,21H,2-4,7-8,11H2,1H3,(H,17,20). The van der Waals surface area contributed by atoms with Crippen molar-refractivity contribution in [3.05, 3.63) is 30.1 Å². The van der Waals surface area contributed by atoms with Crippen LogP contribution < -0.4 is 5.32 Å². The lowest BCUT2D eigenvalue weighted by Gasteiger charge is -2.31. The van der Waals surface area contributed by atoms with E-state index in [-0.39, 0.29) is 12.3 Å². The maximum atomic E-state index is 12.2. The molecule has 21 heavy (non-hydrogen) atoms. The first-order valence-corrected chi connectivity index (χ1v) is 7.53. The molecule has 1 aliphatic carbocycles. The summed E-state index contributed by atoms with van der Waals surface area (Å²) in [5, 5.41) is 17.7. The van der Waals surface area contributed by atoms with Gasteiger partial charge >= 0.3 is 0 Å². The molecule has 3 rings (SSSR count). The van der Waals surface area contributed by atoms with E-state index in [0.717, 1.165) is 49.0 Å². The van der Waals surface area contributed by atoms with Gasteiger partial charge in [0.15, 0.2) is 0 Å². The van der Waals surface area contributed by atoms with Crippen molar-refractivity contribution < 1.29 is 9.90 Å². The highest BCUT2D eigenvalue weighted by atomic mass is 16.3. The van der Waals surface area contributed by atoms with Gasteiger partial charge in [-0.25, -0.2) is 4.52 Å². The van der Waals surface area contributed by atoms with E-state index in [4.69, 9.17) is 0 Å². The molecule has 1 aliphatic rings. The van der Waals surface area contributed by atoms with Crippen molar-refractivity contribution in [3.8, 4) is 0 Å². The van der Waals surface area contributed by atoms with Crippen LogP contribution in [-0.2, 0) is 4.79 Å². The molecule has 1 saturated carbocycles. The van der Waals surface area contributed by atoms with Gasteiger partial charge in [-0.3, -0.25) is 4.79 Å². The van der Waals surface area contributed by atoms with Crippen LogP contribution in [0.15, 0.2) is 24.4 Å². The summed E-state index contributed by atoms with van der Waals surface area (Å²) in [6.07, 6.45) is 6.61. The Morgan fingerprint density at radius 2 is 2.19 bits per heavy atom. The fourth-order valence-electron chi connectivity index (χ4n) is 3.12. The second kappa shape index (κ2) is 5.48. The molecule has 1 amide bonds. The molecule has 1 fully saturated rings. The first kappa shape index (κ1) is 14.1. The van der Waals surface area contributed by atoms with Gasteiger partial charge < -0.3 is 10.4 Å². The molecule has 5 nitrogen and oxygen atoms in total. The molecule has 0 unspecified atom stereocenters. The van der Waals surface area contributed by atoms with Gasteiger partial charge in [0, 0.05) is 6.20 Å². The van der Waals surface area contributed by atoms with E-state index in [1.165, 1.54) is 0 Å². The second-order valence-electron chi connectivity index (χ2n) is 6.05. The average Bonchev–Trinajstić information content (AvgIpc) is 2.80. The van der Waals surface area contributed by atoms with Gasteiger partial charge in [0.05, 0.1) is 28.9 Å². The third-order valence-electron chi connectivity index (χ3n) is 4.17. The topological polar surface area (TPSA) is 66.6 Å². The SMILES string of the molecule is Cc1cc2c(NC(=O)CC3(O)CCCCC3)cccn2n1. The lowest BCUT2D eigenvalue weighted by atomic mass is 9.82. The van der Waals surface area contributed by atoms with Crippen molar-refractivity contribution in [1.82, 2.24) is 9.61 Å². The van der Waals surface area contributed by atoms with E-state index in [9.17, 15) is 9.90 Å². The van der Waals surface area contributed by atoms with Crippen molar-refractivity contribution in [1.29, 1.82) is 0 Å². The van der Waals surface area contributed by atoms with Crippen LogP contribution in [0.25, 0.3) is 5.52 Å². The highest BCUT2D eigenvalue weighted by Gasteiger charge is 2.31. The van der Waals surface area contributed by atoms with Crippen molar-refractivity contribution >= 4 is 17.1 Å². The number of anilines is 1. The molecule has 0 spiro atoms. The van der Waals surface area contributed by atoms with E-state index in [1.807, 2.05) is 31.3 Å². The van der Waals surface area contributed by atoms with Crippen molar-refractivity contribution in [2.45, 2.75) is 51.0 Å². The molecule has 2 N–H and O–H groups in total. The molecule has 0 saturated heterocycles. The second-order valence-corrected chi connectivity index (χ2v) is 6.05. The molecular weight excluding hydrogens is 266 g/mol. The van der Waals surface area contributed by atoms with Gasteiger partial charge in [0.2, 0.25) is 5.91 Å². The number of hydrogen-bond donors (Lipinski definition) is 2. The maximum absolute atomic E-state index is 12.2. The molecule has 0 aromatic carbocycles. The molecule has 112 valence electrons. The molecular formula is C16H21N3O2. The van der Waals surface area contributed by atoms with Crippen LogP contribution in [0, 0.1) is 6.92 Å². The number of rotatable bonds is 3. The van der Waals surface area contributed by atoms with E-state index in [0.29, 0.717) is 0 Å². The quantitative estimate of drug-likeness (QED) is 0.912. The van der Waals surface area contributed by atoms with Crippen LogP contribution in [0.1, 0.15) is 44.2 Å².